The van der Waals surface area contributed by atoms with Crippen molar-refractivity contribution in [2.75, 3.05) is 0 Å². The quantitative estimate of drug-likeness (QED) is 0.734. The van der Waals surface area contributed by atoms with Crippen molar-refractivity contribution in [1.82, 2.24) is 0 Å². The van der Waals surface area contributed by atoms with Crippen LogP contribution in [0, 0.1) is 10.8 Å². The Labute approximate surface area is 118 Å². The molecule has 0 aromatic heterocycles. The second-order valence-corrected chi connectivity index (χ2v) is 4.62. The van der Waals surface area contributed by atoms with Gasteiger partial charge in [0.25, 0.3) is 0 Å². The van der Waals surface area contributed by atoms with E-state index in [1.165, 1.54) is 11.1 Å². The lowest BCUT2D eigenvalue weighted by molar-refractivity contribution is 1.15. The van der Waals surface area contributed by atoms with Crippen LogP contribution in [0.1, 0.15) is 22.3 Å². The van der Waals surface area contributed by atoms with Gasteiger partial charge >= 0.3 is 0 Å². The molecule has 0 unspecified atom stereocenters. The van der Waals surface area contributed by atoms with E-state index in [1.54, 1.807) is 0 Å². The summed E-state index contributed by atoms with van der Waals surface area (Å²) in [5, 5.41) is 16.5. The number of halogens is 1. The van der Waals surface area contributed by atoms with Crippen LogP contribution in [-0.4, -0.2) is 11.4 Å². The molecule has 2 N–H and O–H groups in total. The van der Waals surface area contributed by atoms with Gasteiger partial charge in [0.15, 0.2) is 0 Å². The van der Waals surface area contributed by atoms with Crippen LogP contribution >= 0.6 is 12.4 Å². The first kappa shape index (κ1) is 13.5. The van der Waals surface area contributed by atoms with Gasteiger partial charge in [-0.3, -0.25) is 0 Å². The van der Waals surface area contributed by atoms with Crippen molar-refractivity contribution in [3.05, 3.63) is 70.8 Å². The van der Waals surface area contributed by atoms with Gasteiger partial charge in [0.1, 0.15) is 0 Å². The van der Waals surface area contributed by atoms with E-state index in [9.17, 15) is 0 Å². The Morgan fingerprint density at radius 1 is 0.632 bits per heavy atom. The van der Waals surface area contributed by atoms with Crippen LogP contribution in [-0.2, 0) is 12.8 Å². The zero-order chi connectivity index (χ0) is 12.5. The molecule has 0 saturated heterocycles. The fourth-order valence-electron chi connectivity index (χ4n) is 2.48. The maximum Gasteiger partial charge on any atom is 0.0436 e. The average Bonchev–Trinajstić information content (AvgIpc) is 2.39. The largest absolute Gasteiger partial charge is 0.304 e. The maximum atomic E-state index is 8.23. The van der Waals surface area contributed by atoms with E-state index in [2.05, 4.69) is 12.1 Å². The highest BCUT2D eigenvalue weighted by Gasteiger charge is 2.17. The Morgan fingerprint density at radius 2 is 1.00 bits per heavy atom. The topological polar surface area (TPSA) is 47.7 Å². The molecule has 0 spiro atoms. The van der Waals surface area contributed by atoms with Gasteiger partial charge < -0.3 is 10.8 Å². The van der Waals surface area contributed by atoms with E-state index < -0.39 is 0 Å². The minimum Gasteiger partial charge on any atom is -0.304 e. The molecular formula is C16H15ClN2. The molecule has 0 saturated carbocycles. The van der Waals surface area contributed by atoms with Crippen molar-refractivity contribution in [3.8, 4) is 0 Å². The lowest BCUT2D eigenvalue weighted by Gasteiger charge is -2.18. The van der Waals surface area contributed by atoms with Gasteiger partial charge in [-0.1, -0.05) is 48.5 Å². The average molecular weight is 271 g/mol. The zero-order valence-corrected chi connectivity index (χ0v) is 11.3. The van der Waals surface area contributed by atoms with E-state index in [0.717, 1.165) is 11.1 Å². The van der Waals surface area contributed by atoms with Crippen LogP contribution < -0.4 is 0 Å². The van der Waals surface area contributed by atoms with Gasteiger partial charge in [0.2, 0.25) is 0 Å². The molecule has 2 aromatic rings. The standard InChI is InChI=1S/C16H14N2.ClH/c17-15-9-11-5-1-2-6-12(11)10-16(18)14-8-4-3-7-13(14)15;/h1-8,17-18H,9-10H2;1H. The highest BCUT2D eigenvalue weighted by molar-refractivity contribution is 6.12. The van der Waals surface area contributed by atoms with Gasteiger partial charge in [-0.15, -0.1) is 12.4 Å². The molecule has 0 radical (unpaired) electrons. The van der Waals surface area contributed by atoms with Crippen molar-refractivity contribution in [1.29, 1.82) is 10.8 Å². The lowest BCUT2D eigenvalue weighted by atomic mass is 9.87. The maximum absolute atomic E-state index is 8.23. The second kappa shape index (κ2) is 5.37. The Bertz CT molecular complexity index is 591. The molecular weight excluding hydrogens is 256 g/mol. The Hall–Kier alpha value is -1.93. The van der Waals surface area contributed by atoms with Gasteiger partial charge in [0.05, 0.1) is 0 Å². The van der Waals surface area contributed by atoms with Crippen LogP contribution in [0.25, 0.3) is 0 Å². The fourth-order valence-corrected chi connectivity index (χ4v) is 2.48. The van der Waals surface area contributed by atoms with Gasteiger partial charge in [-0.25, -0.2) is 0 Å². The fraction of sp³-hybridized carbons (Fsp3) is 0.125. The molecule has 0 bridgehead atoms. The molecule has 96 valence electrons. The highest BCUT2D eigenvalue weighted by Crippen LogP contribution is 2.21. The van der Waals surface area contributed by atoms with Crippen molar-refractivity contribution >= 4 is 23.8 Å². The molecule has 0 atom stereocenters. The molecule has 3 heteroatoms. The Balaban J connectivity index is 0.00000133. The number of rotatable bonds is 0. The number of hydrogen-bond donors (Lipinski definition) is 2. The molecule has 3 rings (SSSR count). The third-order valence-electron chi connectivity index (χ3n) is 3.43. The lowest BCUT2D eigenvalue weighted by Crippen LogP contribution is -2.17. The SMILES string of the molecule is Cl.N=C1Cc2ccccc2CC(=N)c2ccccc21. The van der Waals surface area contributed by atoms with E-state index in [-0.39, 0.29) is 12.4 Å². The van der Waals surface area contributed by atoms with Crippen molar-refractivity contribution in [3.63, 3.8) is 0 Å². The molecule has 0 heterocycles. The minimum absolute atomic E-state index is 0. The normalized spacial score (nSPS) is 13.7. The summed E-state index contributed by atoms with van der Waals surface area (Å²) in [6, 6.07) is 15.9. The predicted molar refractivity (Wildman–Crippen MR) is 81.2 cm³/mol. The third-order valence-corrected chi connectivity index (χ3v) is 3.43. The van der Waals surface area contributed by atoms with Crippen molar-refractivity contribution < 1.29 is 0 Å². The van der Waals surface area contributed by atoms with Crippen molar-refractivity contribution in [2.45, 2.75) is 12.8 Å². The first-order valence-electron chi connectivity index (χ1n) is 6.07. The van der Waals surface area contributed by atoms with Crippen LogP contribution in [0.4, 0.5) is 0 Å². The molecule has 1 aliphatic carbocycles. The molecule has 2 aromatic carbocycles. The van der Waals surface area contributed by atoms with Gasteiger partial charge in [0, 0.05) is 35.4 Å². The molecule has 0 amide bonds. The van der Waals surface area contributed by atoms with E-state index in [1.807, 2.05) is 36.4 Å². The summed E-state index contributed by atoms with van der Waals surface area (Å²) in [5.74, 6) is 0. The number of fused-ring (bicyclic) bond motifs is 2. The number of benzene rings is 2. The molecule has 2 nitrogen and oxygen atoms in total. The van der Waals surface area contributed by atoms with E-state index >= 15 is 0 Å². The summed E-state index contributed by atoms with van der Waals surface area (Å²) < 4.78 is 0. The molecule has 0 fully saturated rings. The van der Waals surface area contributed by atoms with Crippen LogP contribution in [0.3, 0.4) is 0 Å². The van der Waals surface area contributed by atoms with Crippen LogP contribution in [0.5, 0.6) is 0 Å². The number of nitrogens with one attached hydrogen (secondary N) is 2. The summed E-state index contributed by atoms with van der Waals surface area (Å²) in [6.45, 7) is 0. The first-order valence-corrected chi connectivity index (χ1v) is 6.07. The van der Waals surface area contributed by atoms with Gasteiger partial charge in [-0.2, -0.15) is 0 Å². The molecule has 0 aliphatic heterocycles. The van der Waals surface area contributed by atoms with Crippen LogP contribution in [0.15, 0.2) is 48.5 Å². The van der Waals surface area contributed by atoms with Gasteiger partial charge in [-0.05, 0) is 11.1 Å². The highest BCUT2D eigenvalue weighted by atomic mass is 35.5. The second-order valence-electron chi connectivity index (χ2n) is 4.62. The van der Waals surface area contributed by atoms with E-state index in [4.69, 9.17) is 10.8 Å². The molecule has 19 heavy (non-hydrogen) atoms. The van der Waals surface area contributed by atoms with E-state index in [0.29, 0.717) is 24.3 Å². The number of hydrogen-bond acceptors (Lipinski definition) is 2. The third kappa shape index (κ3) is 2.45. The minimum atomic E-state index is 0. The zero-order valence-electron chi connectivity index (χ0n) is 10.4. The summed E-state index contributed by atoms with van der Waals surface area (Å²) in [7, 11) is 0. The van der Waals surface area contributed by atoms with Crippen molar-refractivity contribution in [2.24, 2.45) is 0 Å². The summed E-state index contributed by atoms with van der Waals surface area (Å²) in [6.07, 6.45) is 1.31. The molecule has 1 aliphatic rings. The smallest absolute Gasteiger partial charge is 0.0436 e. The monoisotopic (exact) mass is 270 g/mol. The predicted octanol–water partition coefficient (Wildman–Crippen LogP) is 3.64. The Kier molecular flexibility index (Phi) is 3.82. The Morgan fingerprint density at radius 3 is 1.42 bits per heavy atom. The summed E-state index contributed by atoms with van der Waals surface area (Å²) in [4.78, 5) is 0. The van der Waals surface area contributed by atoms with Crippen LogP contribution in [0.2, 0.25) is 0 Å². The first-order chi connectivity index (χ1) is 8.75. The summed E-state index contributed by atoms with van der Waals surface area (Å²) >= 11 is 0. The summed E-state index contributed by atoms with van der Waals surface area (Å²) in [5.41, 5.74) is 5.34.